The lowest BCUT2D eigenvalue weighted by Gasteiger charge is -2.18. The number of carboxylic acids is 1. The lowest BCUT2D eigenvalue weighted by molar-refractivity contribution is -0.133. The molecule has 5 nitrogen and oxygen atoms in total. The van der Waals surface area contributed by atoms with E-state index in [9.17, 15) is 4.79 Å². The fourth-order valence-corrected chi connectivity index (χ4v) is 3.00. The van der Waals surface area contributed by atoms with Gasteiger partial charge in [-0.15, -0.1) is 0 Å². The molecule has 0 aromatic carbocycles. The van der Waals surface area contributed by atoms with Crippen molar-refractivity contribution in [3.05, 3.63) is 12.4 Å². The van der Waals surface area contributed by atoms with Gasteiger partial charge in [0.25, 0.3) is 0 Å². The van der Waals surface area contributed by atoms with Gasteiger partial charge >= 0.3 is 5.97 Å². The van der Waals surface area contributed by atoms with Gasteiger partial charge in [0.15, 0.2) is 5.16 Å². The molecule has 1 aliphatic rings. The van der Waals surface area contributed by atoms with Gasteiger partial charge in [0.2, 0.25) is 0 Å². The van der Waals surface area contributed by atoms with E-state index in [0.29, 0.717) is 12.0 Å². The third kappa shape index (κ3) is 3.26. The van der Waals surface area contributed by atoms with Gasteiger partial charge in [-0.05, 0) is 12.8 Å². The van der Waals surface area contributed by atoms with Crippen molar-refractivity contribution in [1.29, 1.82) is 0 Å². The average Bonchev–Trinajstić information content (AvgIpc) is 2.96. The van der Waals surface area contributed by atoms with E-state index in [1.807, 2.05) is 10.8 Å². The number of carbonyl (C=O) groups is 1. The summed E-state index contributed by atoms with van der Waals surface area (Å²) in [7, 11) is 0. The van der Waals surface area contributed by atoms with Gasteiger partial charge in [0.1, 0.15) is 0 Å². The molecular weight excluding hydrogens is 252 g/mol. The van der Waals surface area contributed by atoms with Crippen molar-refractivity contribution in [3.63, 3.8) is 0 Å². The molecular formula is C12H18N2O3S. The largest absolute Gasteiger partial charge is 0.481 e. The van der Waals surface area contributed by atoms with Crippen LogP contribution in [-0.2, 0) is 16.1 Å². The number of thioether (sulfide) groups is 1. The molecule has 2 unspecified atom stereocenters. The second-order valence-electron chi connectivity index (χ2n) is 4.41. The Hall–Kier alpha value is -1.01. The minimum Gasteiger partial charge on any atom is -0.481 e. The fraction of sp³-hybridized carbons (Fsp3) is 0.667. The first-order valence-electron chi connectivity index (χ1n) is 6.18. The molecule has 1 aromatic heterocycles. The zero-order valence-electron chi connectivity index (χ0n) is 10.4. The van der Waals surface area contributed by atoms with E-state index < -0.39 is 5.97 Å². The van der Waals surface area contributed by atoms with Crippen LogP contribution in [0.1, 0.15) is 19.8 Å². The Morgan fingerprint density at radius 3 is 3.28 bits per heavy atom. The Bertz CT molecular complexity index is 408. The van der Waals surface area contributed by atoms with Gasteiger partial charge < -0.3 is 14.4 Å². The monoisotopic (exact) mass is 270 g/mol. The number of nitrogens with zero attached hydrogens (tertiary/aromatic N) is 2. The van der Waals surface area contributed by atoms with Crippen LogP contribution in [0.4, 0.5) is 0 Å². The summed E-state index contributed by atoms with van der Waals surface area (Å²) < 4.78 is 7.70. The molecule has 2 rings (SSSR count). The summed E-state index contributed by atoms with van der Waals surface area (Å²) in [6, 6.07) is 0. The first-order chi connectivity index (χ1) is 8.70. The smallest absolute Gasteiger partial charge is 0.313 e. The van der Waals surface area contributed by atoms with Crippen LogP contribution in [0.25, 0.3) is 0 Å². The van der Waals surface area contributed by atoms with E-state index in [2.05, 4.69) is 11.9 Å². The highest BCUT2D eigenvalue weighted by molar-refractivity contribution is 7.99. The molecule has 0 saturated carbocycles. The van der Waals surface area contributed by atoms with Gasteiger partial charge in [-0.2, -0.15) is 0 Å². The summed E-state index contributed by atoms with van der Waals surface area (Å²) in [5.41, 5.74) is 0. The number of hydrogen-bond donors (Lipinski definition) is 1. The molecule has 0 aliphatic carbocycles. The number of rotatable bonds is 6. The van der Waals surface area contributed by atoms with Crippen molar-refractivity contribution in [3.8, 4) is 0 Å². The van der Waals surface area contributed by atoms with E-state index >= 15 is 0 Å². The third-order valence-corrected chi connectivity index (χ3v) is 4.17. The standard InChI is InChI=1S/C12H18N2O3S/c1-2-10-9(3-6-17-10)7-14-5-4-13-12(14)18-8-11(15)16/h4-5,9-10H,2-3,6-8H2,1H3,(H,15,16). The Balaban J connectivity index is 1.96. The molecule has 0 spiro atoms. The van der Waals surface area contributed by atoms with Gasteiger partial charge in [0.05, 0.1) is 11.9 Å². The summed E-state index contributed by atoms with van der Waals surface area (Å²) in [6.45, 7) is 3.83. The Kier molecular flexibility index (Phi) is 4.66. The van der Waals surface area contributed by atoms with E-state index in [-0.39, 0.29) is 5.75 Å². The van der Waals surface area contributed by atoms with Crippen molar-refractivity contribution in [2.45, 2.75) is 37.6 Å². The highest BCUT2D eigenvalue weighted by Crippen LogP contribution is 2.26. The zero-order chi connectivity index (χ0) is 13.0. The van der Waals surface area contributed by atoms with Crippen LogP contribution in [-0.4, -0.2) is 39.1 Å². The molecule has 1 fully saturated rings. The first-order valence-corrected chi connectivity index (χ1v) is 7.16. The molecule has 18 heavy (non-hydrogen) atoms. The third-order valence-electron chi connectivity index (χ3n) is 3.18. The number of carboxylic acid groups (broad SMARTS) is 1. The molecule has 1 aliphatic heterocycles. The molecule has 0 radical (unpaired) electrons. The summed E-state index contributed by atoms with van der Waals surface area (Å²) in [4.78, 5) is 14.8. The van der Waals surface area contributed by atoms with Crippen LogP contribution < -0.4 is 0 Å². The van der Waals surface area contributed by atoms with Crippen LogP contribution >= 0.6 is 11.8 Å². The molecule has 6 heteroatoms. The quantitative estimate of drug-likeness (QED) is 0.799. The number of hydrogen-bond acceptors (Lipinski definition) is 4. The van der Waals surface area contributed by atoms with Crippen molar-refractivity contribution in [1.82, 2.24) is 9.55 Å². The second-order valence-corrected chi connectivity index (χ2v) is 5.35. The van der Waals surface area contributed by atoms with Crippen molar-refractivity contribution in [2.24, 2.45) is 5.92 Å². The summed E-state index contributed by atoms with van der Waals surface area (Å²) in [6.07, 6.45) is 6.05. The minimum absolute atomic E-state index is 0.0510. The Labute approximate surface area is 111 Å². The first kappa shape index (κ1) is 13.4. The van der Waals surface area contributed by atoms with Gasteiger partial charge in [-0.1, -0.05) is 18.7 Å². The van der Waals surface area contributed by atoms with Crippen molar-refractivity contribution in [2.75, 3.05) is 12.4 Å². The average molecular weight is 270 g/mol. The van der Waals surface area contributed by atoms with E-state index in [1.54, 1.807) is 6.20 Å². The van der Waals surface area contributed by atoms with Gasteiger partial charge in [-0.3, -0.25) is 4.79 Å². The van der Waals surface area contributed by atoms with Crippen LogP contribution in [0, 0.1) is 5.92 Å². The summed E-state index contributed by atoms with van der Waals surface area (Å²) >= 11 is 1.27. The molecule has 1 saturated heterocycles. The minimum atomic E-state index is -0.815. The maximum absolute atomic E-state index is 10.6. The zero-order valence-corrected chi connectivity index (χ0v) is 11.2. The van der Waals surface area contributed by atoms with Crippen LogP contribution in [0.2, 0.25) is 0 Å². The lowest BCUT2D eigenvalue weighted by Crippen LogP contribution is -2.20. The predicted molar refractivity (Wildman–Crippen MR) is 68.7 cm³/mol. The van der Waals surface area contributed by atoms with Crippen molar-refractivity contribution < 1.29 is 14.6 Å². The predicted octanol–water partition coefficient (Wildman–Crippen LogP) is 1.87. The Morgan fingerprint density at radius 1 is 1.72 bits per heavy atom. The van der Waals surface area contributed by atoms with E-state index in [4.69, 9.17) is 9.84 Å². The molecule has 0 amide bonds. The topological polar surface area (TPSA) is 64.4 Å². The second kappa shape index (κ2) is 6.24. The van der Waals surface area contributed by atoms with Crippen LogP contribution in [0.5, 0.6) is 0 Å². The molecule has 1 aromatic rings. The summed E-state index contributed by atoms with van der Waals surface area (Å²) in [5.74, 6) is -0.256. The molecule has 2 heterocycles. The molecule has 1 N–H and O–H groups in total. The fourth-order valence-electron chi connectivity index (χ4n) is 2.31. The maximum atomic E-state index is 10.6. The summed E-state index contributed by atoms with van der Waals surface area (Å²) in [5, 5.41) is 9.47. The molecule has 0 bridgehead atoms. The SMILES string of the molecule is CCC1OCCC1Cn1ccnc1SCC(=O)O. The number of ether oxygens (including phenoxy) is 1. The van der Waals surface area contributed by atoms with Crippen molar-refractivity contribution >= 4 is 17.7 Å². The lowest BCUT2D eigenvalue weighted by atomic mass is 10.00. The number of aromatic nitrogens is 2. The van der Waals surface area contributed by atoms with Crippen LogP contribution in [0.15, 0.2) is 17.6 Å². The van der Waals surface area contributed by atoms with E-state index in [1.165, 1.54) is 11.8 Å². The maximum Gasteiger partial charge on any atom is 0.313 e. The number of imidazole rings is 1. The van der Waals surface area contributed by atoms with Gasteiger partial charge in [0, 0.05) is 31.5 Å². The molecule has 2 atom stereocenters. The highest BCUT2D eigenvalue weighted by Gasteiger charge is 2.27. The highest BCUT2D eigenvalue weighted by atomic mass is 32.2. The van der Waals surface area contributed by atoms with E-state index in [0.717, 1.165) is 31.1 Å². The van der Waals surface area contributed by atoms with Gasteiger partial charge in [-0.25, -0.2) is 4.98 Å². The Morgan fingerprint density at radius 2 is 2.56 bits per heavy atom. The normalized spacial score (nSPS) is 23.4. The van der Waals surface area contributed by atoms with Crippen LogP contribution in [0.3, 0.4) is 0 Å². The number of aliphatic carboxylic acids is 1. The molecule has 100 valence electrons.